The number of nitrogen functional groups attached to an aromatic ring is 1. The van der Waals surface area contributed by atoms with E-state index in [0.29, 0.717) is 17.0 Å². The minimum atomic E-state index is 0.188. The fraction of sp³-hybridized carbons (Fsp3) is 0.217. The Morgan fingerprint density at radius 1 is 1.19 bits per heavy atom. The van der Waals surface area contributed by atoms with Gasteiger partial charge in [0.25, 0.3) is 0 Å². The molecule has 0 aromatic carbocycles. The Hall–Kier alpha value is -4.14. The molecule has 0 fully saturated rings. The van der Waals surface area contributed by atoms with Gasteiger partial charge in [-0.25, -0.2) is 15.0 Å². The second-order valence-corrected chi connectivity index (χ2v) is 7.99. The van der Waals surface area contributed by atoms with Crippen LogP contribution in [-0.2, 0) is 7.05 Å². The van der Waals surface area contributed by atoms with Gasteiger partial charge < -0.3 is 15.2 Å². The molecule has 1 aliphatic rings. The molecule has 0 spiro atoms. The number of nitrogens with one attached hydrogen (secondary N) is 1. The van der Waals surface area contributed by atoms with Crippen LogP contribution in [0.3, 0.4) is 0 Å². The lowest BCUT2D eigenvalue weighted by molar-refractivity contribution is 0.796. The number of aliphatic imine (C=N–C) groups is 1. The van der Waals surface area contributed by atoms with Crippen LogP contribution in [0, 0.1) is 12.3 Å². The Balaban J connectivity index is 1.60. The average molecular weight is 426 g/mol. The summed E-state index contributed by atoms with van der Waals surface area (Å²) in [5.41, 5.74) is 12.1. The van der Waals surface area contributed by atoms with Crippen molar-refractivity contribution in [1.29, 1.82) is 5.41 Å². The van der Waals surface area contributed by atoms with Gasteiger partial charge in [0.15, 0.2) is 11.5 Å². The smallest absolute Gasteiger partial charge is 0.162 e. The van der Waals surface area contributed by atoms with Crippen molar-refractivity contribution in [1.82, 2.24) is 24.5 Å². The zero-order chi connectivity index (χ0) is 22.4. The Labute approximate surface area is 185 Å². The van der Waals surface area contributed by atoms with Crippen LogP contribution < -0.4 is 10.6 Å². The van der Waals surface area contributed by atoms with Gasteiger partial charge in [-0.05, 0) is 37.6 Å². The van der Waals surface area contributed by atoms with E-state index in [1.165, 1.54) is 0 Å². The van der Waals surface area contributed by atoms with Gasteiger partial charge in [-0.3, -0.25) is 15.4 Å². The zero-order valence-corrected chi connectivity index (χ0v) is 18.1. The standard InChI is InChI=1S/C23H23N9/c1-13-4-6-26-10-17(13)15-8-16(21(25)28-9-15)19(24)22-30-20-18(32-11-14(2)29-12-32)5-7-27-23(20)31(22)3/h4-10,12,14,24H,11H2,1-3H3,(H2,25,28). The Bertz CT molecular complexity index is 1390. The number of fused-ring (bicyclic) bond motifs is 1. The summed E-state index contributed by atoms with van der Waals surface area (Å²) in [6.45, 7) is 4.87. The lowest BCUT2D eigenvalue weighted by Gasteiger charge is -2.15. The van der Waals surface area contributed by atoms with Gasteiger partial charge in [-0.1, -0.05) is 0 Å². The first-order valence-electron chi connectivity index (χ1n) is 10.3. The van der Waals surface area contributed by atoms with Gasteiger partial charge in [0.05, 0.1) is 18.1 Å². The molecule has 5 heterocycles. The summed E-state index contributed by atoms with van der Waals surface area (Å²) in [4.78, 5) is 24.4. The van der Waals surface area contributed by atoms with Crippen molar-refractivity contribution in [3.8, 4) is 11.1 Å². The van der Waals surface area contributed by atoms with Crippen LogP contribution in [0.5, 0.6) is 0 Å². The van der Waals surface area contributed by atoms with Gasteiger partial charge in [0.2, 0.25) is 0 Å². The number of hydrogen-bond acceptors (Lipinski definition) is 8. The highest BCUT2D eigenvalue weighted by molar-refractivity contribution is 6.13. The molecule has 0 amide bonds. The first-order chi connectivity index (χ1) is 15.4. The van der Waals surface area contributed by atoms with E-state index in [9.17, 15) is 0 Å². The van der Waals surface area contributed by atoms with Crippen molar-refractivity contribution < 1.29 is 0 Å². The summed E-state index contributed by atoms with van der Waals surface area (Å²) in [7, 11) is 1.86. The highest BCUT2D eigenvalue weighted by Crippen LogP contribution is 2.29. The van der Waals surface area contributed by atoms with Crippen LogP contribution in [0.2, 0.25) is 0 Å². The maximum atomic E-state index is 8.92. The number of pyridine rings is 3. The van der Waals surface area contributed by atoms with E-state index in [2.05, 4.69) is 31.8 Å². The van der Waals surface area contributed by atoms with E-state index in [1.807, 2.05) is 43.1 Å². The summed E-state index contributed by atoms with van der Waals surface area (Å²) < 4.78 is 1.82. The minimum Gasteiger partial charge on any atom is -0.383 e. The lowest BCUT2D eigenvalue weighted by atomic mass is 10.0. The van der Waals surface area contributed by atoms with Gasteiger partial charge in [0.1, 0.15) is 17.0 Å². The van der Waals surface area contributed by atoms with Crippen molar-refractivity contribution in [3.05, 3.63) is 59.9 Å². The van der Waals surface area contributed by atoms with E-state index in [4.69, 9.17) is 16.1 Å². The number of hydrogen-bond donors (Lipinski definition) is 2. The van der Waals surface area contributed by atoms with Crippen molar-refractivity contribution in [2.24, 2.45) is 12.0 Å². The van der Waals surface area contributed by atoms with E-state index in [1.54, 1.807) is 24.8 Å². The molecule has 9 nitrogen and oxygen atoms in total. The molecule has 1 aliphatic heterocycles. The third-order valence-electron chi connectivity index (χ3n) is 5.73. The number of aromatic nitrogens is 5. The number of rotatable bonds is 4. The van der Waals surface area contributed by atoms with Crippen LogP contribution in [-0.4, -0.2) is 49.1 Å². The highest BCUT2D eigenvalue weighted by Gasteiger charge is 2.23. The summed E-state index contributed by atoms with van der Waals surface area (Å²) in [6, 6.07) is 5.97. The van der Waals surface area contributed by atoms with Crippen molar-refractivity contribution in [3.63, 3.8) is 0 Å². The molecule has 0 saturated carbocycles. The third-order valence-corrected chi connectivity index (χ3v) is 5.73. The monoisotopic (exact) mass is 425 g/mol. The molecular weight excluding hydrogens is 402 g/mol. The molecule has 0 radical (unpaired) electrons. The molecule has 1 atom stereocenters. The zero-order valence-electron chi connectivity index (χ0n) is 18.1. The van der Waals surface area contributed by atoms with Crippen molar-refractivity contribution >= 4 is 34.7 Å². The SMILES string of the molecule is Cc1ccncc1-c1cnc(N)c(C(=N)c2nc3c(N4C=NC(C)C4)ccnc3n2C)c1. The van der Waals surface area contributed by atoms with E-state index < -0.39 is 0 Å². The van der Waals surface area contributed by atoms with E-state index >= 15 is 0 Å². The summed E-state index contributed by atoms with van der Waals surface area (Å²) in [5.74, 6) is 0.749. The largest absolute Gasteiger partial charge is 0.383 e. The Morgan fingerprint density at radius 3 is 2.78 bits per heavy atom. The summed E-state index contributed by atoms with van der Waals surface area (Å²) >= 11 is 0. The van der Waals surface area contributed by atoms with Crippen molar-refractivity contribution in [2.75, 3.05) is 17.2 Å². The van der Waals surface area contributed by atoms with Gasteiger partial charge in [-0.15, -0.1) is 0 Å². The second kappa shape index (κ2) is 7.52. The van der Waals surface area contributed by atoms with Gasteiger partial charge >= 0.3 is 0 Å². The predicted molar refractivity (Wildman–Crippen MR) is 126 cm³/mol. The molecule has 160 valence electrons. The molecule has 0 bridgehead atoms. The van der Waals surface area contributed by atoms with Crippen LogP contribution in [0.15, 0.2) is 48.0 Å². The van der Waals surface area contributed by atoms with Gasteiger partial charge in [0, 0.05) is 55.1 Å². The van der Waals surface area contributed by atoms with E-state index in [0.717, 1.165) is 34.4 Å². The van der Waals surface area contributed by atoms with Crippen LogP contribution in [0.1, 0.15) is 23.9 Å². The fourth-order valence-corrected chi connectivity index (χ4v) is 3.97. The first kappa shape index (κ1) is 19.8. The van der Waals surface area contributed by atoms with Gasteiger partial charge in [-0.2, -0.15) is 0 Å². The molecule has 4 aromatic heterocycles. The van der Waals surface area contributed by atoms with Crippen LogP contribution in [0.25, 0.3) is 22.3 Å². The lowest BCUT2D eigenvalue weighted by Crippen LogP contribution is -2.21. The van der Waals surface area contributed by atoms with Crippen LogP contribution in [0.4, 0.5) is 11.5 Å². The molecule has 32 heavy (non-hydrogen) atoms. The molecule has 5 rings (SSSR count). The summed E-state index contributed by atoms with van der Waals surface area (Å²) in [5, 5.41) is 8.92. The number of imidazole rings is 1. The molecular formula is C23H23N9. The minimum absolute atomic E-state index is 0.188. The number of nitrogens with zero attached hydrogens (tertiary/aromatic N) is 7. The molecule has 9 heteroatoms. The first-order valence-corrected chi connectivity index (χ1v) is 10.3. The maximum absolute atomic E-state index is 8.92. The van der Waals surface area contributed by atoms with Crippen LogP contribution >= 0.6 is 0 Å². The third kappa shape index (κ3) is 3.18. The predicted octanol–water partition coefficient (Wildman–Crippen LogP) is 2.97. The number of aryl methyl sites for hydroxylation is 2. The fourth-order valence-electron chi connectivity index (χ4n) is 3.97. The quantitative estimate of drug-likeness (QED) is 0.485. The Morgan fingerprint density at radius 2 is 2.03 bits per heavy atom. The van der Waals surface area contributed by atoms with Crippen molar-refractivity contribution in [2.45, 2.75) is 19.9 Å². The molecule has 0 saturated heterocycles. The summed E-state index contributed by atoms with van der Waals surface area (Å²) in [6.07, 6.45) is 8.84. The normalized spacial score (nSPS) is 15.6. The molecule has 4 aromatic rings. The number of nitrogens with two attached hydrogens (primary N) is 1. The Kier molecular flexibility index (Phi) is 4.66. The molecule has 0 aliphatic carbocycles. The second-order valence-electron chi connectivity index (χ2n) is 7.99. The average Bonchev–Trinajstić information content (AvgIpc) is 3.37. The molecule has 3 N–H and O–H groups in total. The van der Waals surface area contributed by atoms with E-state index in [-0.39, 0.29) is 17.6 Å². The maximum Gasteiger partial charge on any atom is 0.162 e. The molecule has 1 unspecified atom stereocenters. The number of anilines is 2. The topological polar surface area (TPSA) is 122 Å². The highest BCUT2D eigenvalue weighted by atomic mass is 15.2.